The van der Waals surface area contributed by atoms with Gasteiger partial charge in [0.1, 0.15) is 5.54 Å². The zero-order valence-corrected chi connectivity index (χ0v) is 12.2. The van der Waals surface area contributed by atoms with Crippen molar-refractivity contribution in [3.63, 3.8) is 0 Å². The maximum Gasteiger partial charge on any atom is 0.323 e. The molecule has 0 aliphatic heterocycles. The fourth-order valence-corrected chi connectivity index (χ4v) is 2.72. The Morgan fingerprint density at radius 2 is 2.00 bits per heavy atom. The highest BCUT2D eigenvalue weighted by Crippen LogP contribution is 2.28. The number of carboxylic acid groups (broad SMARTS) is 1. The van der Waals surface area contributed by atoms with Crippen LogP contribution in [0, 0.1) is 0 Å². The van der Waals surface area contributed by atoms with Crippen LogP contribution in [0.3, 0.4) is 0 Å². The van der Waals surface area contributed by atoms with Crippen molar-refractivity contribution < 1.29 is 14.6 Å². The second kappa shape index (κ2) is 8.54. The number of carboxylic acids is 1. The van der Waals surface area contributed by atoms with Gasteiger partial charge in [0.2, 0.25) is 0 Å². The van der Waals surface area contributed by atoms with E-state index in [4.69, 9.17) is 15.6 Å². The lowest BCUT2D eigenvalue weighted by Gasteiger charge is -2.34. The first-order valence-corrected chi connectivity index (χ1v) is 7.72. The molecule has 19 heavy (non-hydrogen) atoms. The van der Waals surface area contributed by atoms with Crippen LogP contribution in [0.4, 0.5) is 0 Å². The van der Waals surface area contributed by atoms with E-state index in [0.29, 0.717) is 12.8 Å². The molecule has 0 spiro atoms. The maximum atomic E-state index is 11.1. The summed E-state index contributed by atoms with van der Waals surface area (Å²) in [6.45, 7) is 2.96. The van der Waals surface area contributed by atoms with Crippen LogP contribution in [-0.4, -0.2) is 29.3 Å². The van der Waals surface area contributed by atoms with Crippen LogP contribution in [0.5, 0.6) is 0 Å². The lowest BCUT2D eigenvalue weighted by Crippen LogP contribution is -2.52. The number of nitrogens with two attached hydrogens (primary N) is 1. The van der Waals surface area contributed by atoms with E-state index in [-0.39, 0.29) is 6.10 Å². The first-order chi connectivity index (χ1) is 9.08. The Balaban J connectivity index is 2.11. The van der Waals surface area contributed by atoms with E-state index in [1.54, 1.807) is 0 Å². The van der Waals surface area contributed by atoms with Gasteiger partial charge in [0.05, 0.1) is 6.10 Å². The van der Waals surface area contributed by atoms with Crippen molar-refractivity contribution >= 4 is 5.97 Å². The van der Waals surface area contributed by atoms with Gasteiger partial charge in [0, 0.05) is 13.0 Å². The quantitative estimate of drug-likeness (QED) is 0.632. The number of hydrogen-bond acceptors (Lipinski definition) is 3. The van der Waals surface area contributed by atoms with E-state index in [1.165, 1.54) is 32.1 Å². The van der Waals surface area contributed by atoms with Crippen LogP contribution in [0.15, 0.2) is 0 Å². The van der Waals surface area contributed by atoms with Crippen molar-refractivity contribution in [1.29, 1.82) is 0 Å². The van der Waals surface area contributed by atoms with Crippen molar-refractivity contribution in [2.75, 3.05) is 6.61 Å². The molecule has 0 aromatic rings. The lowest BCUT2D eigenvalue weighted by atomic mass is 9.81. The number of unbranched alkanes of at least 4 members (excludes halogenated alkanes) is 5. The second-order valence-corrected chi connectivity index (χ2v) is 5.82. The van der Waals surface area contributed by atoms with E-state index >= 15 is 0 Å². The molecule has 1 rings (SSSR count). The molecular formula is C15H29NO3. The first-order valence-electron chi connectivity index (χ1n) is 7.72. The highest BCUT2D eigenvalue weighted by atomic mass is 16.5. The zero-order chi connectivity index (χ0) is 14.1. The van der Waals surface area contributed by atoms with Gasteiger partial charge in [-0.3, -0.25) is 4.79 Å². The monoisotopic (exact) mass is 271 g/mol. The van der Waals surface area contributed by atoms with Crippen LogP contribution in [0.2, 0.25) is 0 Å². The Labute approximate surface area is 116 Å². The minimum absolute atomic E-state index is 0.0329. The van der Waals surface area contributed by atoms with Crippen molar-refractivity contribution in [2.24, 2.45) is 5.73 Å². The molecule has 1 fully saturated rings. The summed E-state index contributed by atoms with van der Waals surface area (Å²) in [6, 6.07) is 0. The zero-order valence-electron chi connectivity index (χ0n) is 12.2. The molecule has 2 unspecified atom stereocenters. The summed E-state index contributed by atoms with van der Waals surface area (Å²) in [7, 11) is 0. The predicted octanol–water partition coefficient (Wildman–Crippen LogP) is 3.09. The third-order valence-corrected chi connectivity index (χ3v) is 4.02. The molecule has 0 radical (unpaired) electrons. The van der Waals surface area contributed by atoms with Crippen LogP contribution < -0.4 is 5.73 Å². The molecular weight excluding hydrogens is 242 g/mol. The maximum absolute atomic E-state index is 11.1. The Hall–Kier alpha value is -0.610. The summed E-state index contributed by atoms with van der Waals surface area (Å²) < 4.78 is 5.79. The molecule has 4 nitrogen and oxygen atoms in total. The molecule has 0 aromatic carbocycles. The Bertz CT molecular complexity index is 270. The van der Waals surface area contributed by atoms with Crippen LogP contribution in [0.1, 0.15) is 71.1 Å². The molecule has 0 bridgehead atoms. The van der Waals surface area contributed by atoms with E-state index in [1.807, 2.05) is 0 Å². The first kappa shape index (κ1) is 16.4. The minimum atomic E-state index is -1.07. The van der Waals surface area contributed by atoms with Crippen molar-refractivity contribution in [2.45, 2.75) is 82.8 Å². The van der Waals surface area contributed by atoms with E-state index < -0.39 is 11.5 Å². The predicted molar refractivity (Wildman–Crippen MR) is 76.1 cm³/mol. The summed E-state index contributed by atoms with van der Waals surface area (Å²) in [5.41, 5.74) is 4.83. The van der Waals surface area contributed by atoms with Crippen molar-refractivity contribution in [3.05, 3.63) is 0 Å². The van der Waals surface area contributed by atoms with Gasteiger partial charge in [-0.1, -0.05) is 39.0 Å². The van der Waals surface area contributed by atoms with Crippen molar-refractivity contribution in [1.82, 2.24) is 0 Å². The number of hydrogen-bond donors (Lipinski definition) is 2. The fraction of sp³-hybridized carbons (Fsp3) is 0.933. The van der Waals surface area contributed by atoms with E-state index in [2.05, 4.69) is 6.92 Å². The average molecular weight is 271 g/mol. The van der Waals surface area contributed by atoms with Gasteiger partial charge in [0.25, 0.3) is 0 Å². The largest absolute Gasteiger partial charge is 0.480 e. The summed E-state index contributed by atoms with van der Waals surface area (Å²) in [4.78, 5) is 11.1. The molecule has 112 valence electrons. The Kier molecular flexibility index (Phi) is 7.39. The fourth-order valence-electron chi connectivity index (χ4n) is 2.72. The number of rotatable bonds is 9. The molecule has 4 heteroatoms. The van der Waals surface area contributed by atoms with Gasteiger partial charge < -0.3 is 15.6 Å². The number of carbonyl (C=O) groups is 1. The van der Waals surface area contributed by atoms with Crippen LogP contribution in [-0.2, 0) is 9.53 Å². The van der Waals surface area contributed by atoms with Crippen molar-refractivity contribution in [3.8, 4) is 0 Å². The summed E-state index contributed by atoms with van der Waals surface area (Å²) >= 11 is 0. The highest BCUT2D eigenvalue weighted by molar-refractivity contribution is 5.78. The van der Waals surface area contributed by atoms with E-state index in [0.717, 1.165) is 25.9 Å². The third kappa shape index (κ3) is 5.91. The molecule has 1 aliphatic carbocycles. The van der Waals surface area contributed by atoms with Gasteiger partial charge in [-0.15, -0.1) is 0 Å². The molecule has 0 heterocycles. The highest BCUT2D eigenvalue weighted by Gasteiger charge is 2.39. The average Bonchev–Trinajstić information content (AvgIpc) is 2.38. The van der Waals surface area contributed by atoms with Gasteiger partial charge in [-0.25, -0.2) is 0 Å². The van der Waals surface area contributed by atoms with Gasteiger partial charge in [-0.2, -0.15) is 0 Å². The second-order valence-electron chi connectivity index (χ2n) is 5.82. The molecule has 3 N–H and O–H groups in total. The summed E-state index contributed by atoms with van der Waals surface area (Å²) in [5, 5.41) is 9.13. The lowest BCUT2D eigenvalue weighted by molar-refractivity contribution is -0.147. The summed E-state index contributed by atoms with van der Waals surface area (Å²) in [6.07, 6.45) is 10.3. The normalized spacial score (nSPS) is 27.4. The summed E-state index contributed by atoms with van der Waals surface area (Å²) in [5.74, 6) is -0.889. The third-order valence-electron chi connectivity index (χ3n) is 4.02. The Morgan fingerprint density at radius 3 is 2.68 bits per heavy atom. The molecule has 2 atom stereocenters. The number of ether oxygens (including phenoxy) is 1. The standard InChI is InChI=1S/C15H29NO3/c1-2-3-4-5-6-7-11-19-13-9-8-10-15(16,12-13)14(17)18/h13H,2-12,16H2,1H3,(H,17,18). The van der Waals surface area contributed by atoms with Gasteiger partial charge in [-0.05, 0) is 25.7 Å². The van der Waals surface area contributed by atoms with Gasteiger partial charge in [0.15, 0.2) is 0 Å². The Morgan fingerprint density at radius 1 is 1.32 bits per heavy atom. The smallest absolute Gasteiger partial charge is 0.323 e. The van der Waals surface area contributed by atoms with Gasteiger partial charge >= 0.3 is 5.97 Å². The SMILES string of the molecule is CCCCCCCCOC1CCCC(N)(C(=O)O)C1. The van der Waals surface area contributed by atoms with Crippen LogP contribution in [0.25, 0.3) is 0 Å². The molecule has 0 saturated heterocycles. The van der Waals surface area contributed by atoms with Crippen LogP contribution >= 0.6 is 0 Å². The molecule has 0 aromatic heterocycles. The molecule has 1 aliphatic rings. The topological polar surface area (TPSA) is 72.5 Å². The molecule has 0 amide bonds. The number of aliphatic carboxylic acids is 1. The van der Waals surface area contributed by atoms with E-state index in [9.17, 15) is 4.79 Å². The minimum Gasteiger partial charge on any atom is -0.480 e. The molecule has 1 saturated carbocycles.